The lowest BCUT2D eigenvalue weighted by molar-refractivity contribution is -0.117. The van der Waals surface area contributed by atoms with Gasteiger partial charge in [-0.05, 0) is 24.3 Å². The van der Waals surface area contributed by atoms with Crippen LogP contribution >= 0.6 is 0 Å². The average Bonchev–Trinajstić information content (AvgIpc) is 2.92. The Morgan fingerprint density at radius 1 is 1.26 bits per heavy atom. The number of nitrogens with two attached hydrogens (primary N) is 1. The summed E-state index contributed by atoms with van der Waals surface area (Å²) < 4.78 is 1.84. The van der Waals surface area contributed by atoms with Gasteiger partial charge in [0.05, 0.1) is 6.33 Å². The van der Waals surface area contributed by atoms with Crippen LogP contribution in [-0.4, -0.2) is 27.9 Å². The molecule has 1 aromatic carbocycles. The number of benzene rings is 1. The van der Waals surface area contributed by atoms with Crippen LogP contribution in [0.4, 0.5) is 0 Å². The highest BCUT2D eigenvalue weighted by molar-refractivity contribution is 5.94. The molecule has 2 rings (SSSR count). The average molecular weight is 258 g/mol. The Bertz CT molecular complexity index is 561. The Morgan fingerprint density at radius 3 is 2.58 bits per heavy atom. The summed E-state index contributed by atoms with van der Waals surface area (Å²) in [6.07, 6.45) is 5.33. The number of carbonyl (C=O) groups excluding carboxylic acids is 2. The molecule has 98 valence electrons. The highest BCUT2D eigenvalue weighted by Gasteiger charge is 2.05. The first-order valence-electron chi connectivity index (χ1n) is 5.82. The van der Waals surface area contributed by atoms with Crippen LogP contribution in [0.3, 0.4) is 0 Å². The molecule has 0 unspecified atom stereocenters. The van der Waals surface area contributed by atoms with Crippen LogP contribution in [0.1, 0.15) is 16.8 Å². The molecule has 0 atom stereocenters. The molecular weight excluding hydrogens is 244 g/mol. The third-order valence-electron chi connectivity index (χ3n) is 2.59. The largest absolute Gasteiger partial charge is 0.370 e. The number of aromatic nitrogens is 2. The molecule has 0 saturated carbocycles. The van der Waals surface area contributed by atoms with E-state index in [2.05, 4.69) is 10.3 Å². The van der Waals surface area contributed by atoms with Crippen LogP contribution in [0.25, 0.3) is 5.69 Å². The van der Waals surface area contributed by atoms with Crippen LogP contribution in [0, 0.1) is 0 Å². The number of hydrogen-bond acceptors (Lipinski definition) is 3. The van der Waals surface area contributed by atoms with E-state index in [1.54, 1.807) is 24.7 Å². The van der Waals surface area contributed by atoms with E-state index >= 15 is 0 Å². The Kier molecular flexibility index (Phi) is 3.92. The van der Waals surface area contributed by atoms with Crippen molar-refractivity contribution in [3.05, 3.63) is 48.5 Å². The summed E-state index contributed by atoms with van der Waals surface area (Å²) in [7, 11) is 0. The van der Waals surface area contributed by atoms with Gasteiger partial charge >= 0.3 is 0 Å². The van der Waals surface area contributed by atoms with Gasteiger partial charge in [0, 0.05) is 36.6 Å². The predicted octanol–water partition coefficient (Wildman–Crippen LogP) is 0.477. The van der Waals surface area contributed by atoms with E-state index in [9.17, 15) is 9.59 Å². The van der Waals surface area contributed by atoms with E-state index in [0.717, 1.165) is 5.69 Å². The second-order valence-electron chi connectivity index (χ2n) is 3.99. The number of imidazole rings is 1. The molecule has 0 fully saturated rings. The summed E-state index contributed by atoms with van der Waals surface area (Å²) >= 11 is 0. The van der Waals surface area contributed by atoms with Gasteiger partial charge in [-0.25, -0.2) is 4.98 Å². The van der Waals surface area contributed by atoms with Crippen molar-refractivity contribution >= 4 is 11.8 Å². The maximum absolute atomic E-state index is 11.7. The first kappa shape index (κ1) is 12.8. The van der Waals surface area contributed by atoms with Crippen molar-refractivity contribution in [2.45, 2.75) is 6.42 Å². The number of nitrogens with one attached hydrogen (secondary N) is 1. The number of carbonyl (C=O) groups is 2. The zero-order valence-electron chi connectivity index (χ0n) is 10.2. The maximum Gasteiger partial charge on any atom is 0.251 e. The lowest BCUT2D eigenvalue weighted by Crippen LogP contribution is -2.27. The molecular formula is C13H14N4O2. The first-order valence-corrected chi connectivity index (χ1v) is 5.82. The van der Waals surface area contributed by atoms with Gasteiger partial charge < -0.3 is 15.6 Å². The third kappa shape index (κ3) is 3.41. The lowest BCUT2D eigenvalue weighted by atomic mass is 10.2. The predicted molar refractivity (Wildman–Crippen MR) is 69.7 cm³/mol. The van der Waals surface area contributed by atoms with Crippen molar-refractivity contribution in [3.8, 4) is 5.69 Å². The molecule has 19 heavy (non-hydrogen) atoms. The molecule has 1 aromatic heterocycles. The lowest BCUT2D eigenvalue weighted by Gasteiger charge is -2.05. The molecule has 3 N–H and O–H groups in total. The van der Waals surface area contributed by atoms with Gasteiger partial charge in [-0.1, -0.05) is 0 Å². The SMILES string of the molecule is NC(=O)CCNC(=O)c1ccc(-n2ccnc2)cc1. The minimum absolute atomic E-state index is 0.138. The van der Waals surface area contributed by atoms with Gasteiger partial charge in [-0.15, -0.1) is 0 Å². The molecule has 0 aliphatic heterocycles. The molecule has 1 heterocycles. The summed E-state index contributed by atoms with van der Waals surface area (Å²) in [5, 5.41) is 2.63. The number of nitrogens with zero attached hydrogens (tertiary/aromatic N) is 2. The van der Waals surface area contributed by atoms with Crippen molar-refractivity contribution in [2.75, 3.05) is 6.54 Å². The molecule has 0 aliphatic carbocycles. The highest BCUT2D eigenvalue weighted by atomic mass is 16.2. The number of primary amides is 1. The molecule has 2 aromatic rings. The van der Waals surface area contributed by atoms with Crippen molar-refractivity contribution in [3.63, 3.8) is 0 Å². The van der Waals surface area contributed by atoms with Crippen molar-refractivity contribution in [2.24, 2.45) is 5.73 Å². The fraction of sp³-hybridized carbons (Fsp3) is 0.154. The number of rotatable bonds is 5. The van der Waals surface area contributed by atoms with Crippen molar-refractivity contribution in [1.82, 2.24) is 14.9 Å². The Hall–Kier alpha value is -2.63. The fourth-order valence-corrected chi connectivity index (χ4v) is 1.60. The molecule has 2 amide bonds. The summed E-state index contributed by atoms with van der Waals surface area (Å²) in [5.74, 6) is -0.658. The van der Waals surface area contributed by atoms with Gasteiger partial charge in [-0.3, -0.25) is 9.59 Å². The van der Waals surface area contributed by atoms with Crippen LogP contribution < -0.4 is 11.1 Å². The highest BCUT2D eigenvalue weighted by Crippen LogP contribution is 2.09. The molecule has 0 spiro atoms. The van der Waals surface area contributed by atoms with E-state index in [1.165, 1.54) is 0 Å². The Labute approximate surface area is 110 Å². The molecule has 0 aliphatic rings. The fourth-order valence-electron chi connectivity index (χ4n) is 1.60. The minimum Gasteiger partial charge on any atom is -0.370 e. The van der Waals surface area contributed by atoms with Crippen LogP contribution in [0.15, 0.2) is 43.0 Å². The van der Waals surface area contributed by atoms with E-state index in [4.69, 9.17) is 5.73 Å². The zero-order valence-corrected chi connectivity index (χ0v) is 10.2. The molecule has 0 saturated heterocycles. The molecule has 6 nitrogen and oxygen atoms in total. The molecule has 6 heteroatoms. The second kappa shape index (κ2) is 5.81. The summed E-state index contributed by atoms with van der Waals surface area (Å²) in [4.78, 5) is 26.3. The monoisotopic (exact) mass is 258 g/mol. The van der Waals surface area contributed by atoms with Crippen molar-refractivity contribution < 1.29 is 9.59 Å². The summed E-state index contributed by atoms with van der Waals surface area (Å²) in [6.45, 7) is 0.247. The Balaban J connectivity index is 1.98. The van der Waals surface area contributed by atoms with E-state index in [0.29, 0.717) is 5.56 Å². The minimum atomic E-state index is -0.434. The topological polar surface area (TPSA) is 90.0 Å². The van der Waals surface area contributed by atoms with Gasteiger partial charge in [0.25, 0.3) is 5.91 Å². The van der Waals surface area contributed by atoms with E-state index in [-0.39, 0.29) is 18.9 Å². The molecule has 0 bridgehead atoms. The van der Waals surface area contributed by atoms with Crippen molar-refractivity contribution in [1.29, 1.82) is 0 Å². The van der Waals surface area contributed by atoms with Gasteiger partial charge in [-0.2, -0.15) is 0 Å². The smallest absolute Gasteiger partial charge is 0.251 e. The second-order valence-corrected chi connectivity index (χ2v) is 3.99. The summed E-state index contributed by atoms with van der Waals surface area (Å²) in [5.41, 5.74) is 6.45. The van der Waals surface area contributed by atoms with Crippen LogP contribution in [0.2, 0.25) is 0 Å². The van der Waals surface area contributed by atoms with Crippen LogP contribution in [0.5, 0.6) is 0 Å². The Morgan fingerprint density at radius 2 is 2.00 bits per heavy atom. The third-order valence-corrected chi connectivity index (χ3v) is 2.59. The van der Waals surface area contributed by atoms with Gasteiger partial charge in [0.15, 0.2) is 0 Å². The van der Waals surface area contributed by atoms with E-state index < -0.39 is 5.91 Å². The van der Waals surface area contributed by atoms with Gasteiger partial charge in [0.2, 0.25) is 5.91 Å². The van der Waals surface area contributed by atoms with E-state index in [1.807, 2.05) is 22.9 Å². The number of amides is 2. The zero-order chi connectivity index (χ0) is 13.7. The number of hydrogen-bond donors (Lipinski definition) is 2. The first-order chi connectivity index (χ1) is 9.16. The standard InChI is InChI=1S/C13H14N4O2/c14-12(18)5-6-16-13(19)10-1-3-11(4-2-10)17-8-7-15-9-17/h1-4,7-9H,5-6H2,(H2,14,18)(H,16,19). The summed E-state index contributed by atoms with van der Waals surface area (Å²) in [6, 6.07) is 7.08. The van der Waals surface area contributed by atoms with Crippen LogP contribution in [-0.2, 0) is 4.79 Å². The maximum atomic E-state index is 11.7. The molecule has 0 radical (unpaired) electrons. The quantitative estimate of drug-likeness (QED) is 0.817. The normalized spacial score (nSPS) is 10.1. The van der Waals surface area contributed by atoms with Gasteiger partial charge in [0.1, 0.15) is 0 Å².